The molecule has 0 saturated carbocycles. The van der Waals surface area contributed by atoms with Gasteiger partial charge in [-0.15, -0.1) is 0 Å². The number of methoxy groups -OCH3 is 1. The van der Waals surface area contributed by atoms with Crippen molar-refractivity contribution in [2.24, 2.45) is 0 Å². The molecule has 3 rings (SSSR count). The number of aromatic nitrogens is 1. The number of hydrogen-bond acceptors (Lipinski definition) is 2. The van der Waals surface area contributed by atoms with Crippen LogP contribution in [0.15, 0.2) is 30.5 Å². The molecule has 1 fully saturated rings. The Morgan fingerprint density at radius 2 is 2.33 bits per heavy atom. The summed E-state index contributed by atoms with van der Waals surface area (Å²) in [5.74, 6) is 0.0889. The molecule has 1 aromatic heterocycles. The van der Waals surface area contributed by atoms with Crippen molar-refractivity contribution < 1.29 is 9.53 Å². The van der Waals surface area contributed by atoms with Crippen molar-refractivity contribution >= 4 is 16.8 Å². The second kappa shape index (κ2) is 4.46. The van der Waals surface area contributed by atoms with Gasteiger partial charge in [0.2, 0.25) is 0 Å². The van der Waals surface area contributed by atoms with Crippen LogP contribution in [-0.4, -0.2) is 42.1 Å². The van der Waals surface area contributed by atoms with Crippen LogP contribution in [0.4, 0.5) is 0 Å². The van der Waals surface area contributed by atoms with Crippen LogP contribution in [-0.2, 0) is 4.74 Å². The van der Waals surface area contributed by atoms with E-state index in [-0.39, 0.29) is 12.0 Å². The van der Waals surface area contributed by atoms with Crippen LogP contribution in [0.5, 0.6) is 0 Å². The molecule has 0 aliphatic carbocycles. The van der Waals surface area contributed by atoms with Crippen molar-refractivity contribution in [1.82, 2.24) is 9.88 Å². The maximum absolute atomic E-state index is 12.3. The summed E-state index contributed by atoms with van der Waals surface area (Å²) in [5, 5.41) is 1.13. The Morgan fingerprint density at radius 3 is 3.11 bits per heavy atom. The molecular formula is C14H16N2O2. The summed E-state index contributed by atoms with van der Waals surface area (Å²) < 4.78 is 5.29. The van der Waals surface area contributed by atoms with E-state index < -0.39 is 0 Å². The van der Waals surface area contributed by atoms with Crippen LogP contribution in [0.3, 0.4) is 0 Å². The van der Waals surface area contributed by atoms with E-state index in [1.54, 1.807) is 7.11 Å². The Balaban J connectivity index is 1.83. The Morgan fingerprint density at radius 1 is 1.44 bits per heavy atom. The standard InChI is InChI=1S/C14H16N2O2/c1-18-12-5-7-16(9-12)14(17)11-3-2-10-4-6-15-13(10)8-11/h2-4,6,8,12,15H,5,7,9H2,1H3. The van der Waals surface area contributed by atoms with Gasteiger partial charge >= 0.3 is 0 Å². The third-order valence-electron chi connectivity index (χ3n) is 3.57. The average molecular weight is 244 g/mol. The Kier molecular flexibility index (Phi) is 2.80. The topological polar surface area (TPSA) is 45.3 Å². The minimum Gasteiger partial charge on any atom is -0.380 e. The number of H-pyrrole nitrogens is 1. The van der Waals surface area contributed by atoms with E-state index in [0.29, 0.717) is 6.54 Å². The zero-order valence-electron chi connectivity index (χ0n) is 10.3. The highest BCUT2D eigenvalue weighted by Gasteiger charge is 2.26. The number of ether oxygens (including phenoxy) is 1. The minimum atomic E-state index is 0.0889. The molecule has 1 atom stereocenters. The first kappa shape index (κ1) is 11.3. The van der Waals surface area contributed by atoms with Crippen LogP contribution in [0, 0.1) is 0 Å². The lowest BCUT2D eigenvalue weighted by molar-refractivity contribution is 0.0724. The maximum atomic E-state index is 12.3. The Bertz CT molecular complexity index is 576. The number of aromatic amines is 1. The molecule has 1 unspecified atom stereocenters. The molecule has 1 aromatic carbocycles. The van der Waals surface area contributed by atoms with Crippen molar-refractivity contribution in [1.29, 1.82) is 0 Å². The largest absolute Gasteiger partial charge is 0.380 e. The number of benzene rings is 1. The molecule has 2 heterocycles. The summed E-state index contributed by atoms with van der Waals surface area (Å²) in [7, 11) is 1.70. The third kappa shape index (κ3) is 1.88. The van der Waals surface area contributed by atoms with E-state index in [0.717, 1.165) is 29.4 Å². The second-order valence-electron chi connectivity index (χ2n) is 4.68. The first-order valence-corrected chi connectivity index (χ1v) is 6.17. The highest BCUT2D eigenvalue weighted by atomic mass is 16.5. The molecule has 1 N–H and O–H groups in total. The fourth-order valence-corrected chi connectivity index (χ4v) is 2.47. The summed E-state index contributed by atoms with van der Waals surface area (Å²) >= 11 is 0. The third-order valence-corrected chi connectivity index (χ3v) is 3.57. The number of carbonyl (C=O) groups excluding carboxylic acids is 1. The molecule has 1 aliphatic heterocycles. The zero-order valence-corrected chi connectivity index (χ0v) is 10.3. The van der Waals surface area contributed by atoms with Crippen molar-refractivity contribution in [3.8, 4) is 0 Å². The van der Waals surface area contributed by atoms with Crippen molar-refractivity contribution in [3.05, 3.63) is 36.0 Å². The number of rotatable bonds is 2. The predicted octanol–water partition coefficient (Wildman–Crippen LogP) is 2.03. The maximum Gasteiger partial charge on any atom is 0.254 e. The van der Waals surface area contributed by atoms with E-state index in [9.17, 15) is 4.79 Å². The molecular weight excluding hydrogens is 228 g/mol. The van der Waals surface area contributed by atoms with Gasteiger partial charge in [-0.25, -0.2) is 0 Å². The van der Waals surface area contributed by atoms with E-state index in [1.807, 2.05) is 35.4 Å². The second-order valence-corrected chi connectivity index (χ2v) is 4.68. The van der Waals surface area contributed by atoms with Gasteiger partial charge in [-0.05, 0) is 30.0 Å². The lowest BCUT2D eigenvalue weighted by atomic mass is 10.1. The monoisotopic (exact) mass is 244 g/mol. The highest BCUT2D eigenvalue weighted by molar-refractivity contribution is 5.98. The van der Waals surface area contributed by atoms with Crippen LogP contribution in [0.25, 0.3) is 10.9 Å². The first-order chi connectivity index (χ1) is 8.78. The van der Waals surface area contributed by atoms with E-state index >= 15 is 0 Å². The van der Waals surface area contributed by atoms with Crippen LogP contribution in [0.2, 0.25) is 0 Å². The normalized spacial score (nSPS) is 19.6. The molecule has 18 heavy (non-hydrogen) atoms. The minimum absolute atomic E-state index is 0.0889. The van der Waals surface area contributed by atoms with E-state index in [2.05, 4.69) is 4.98 Å². The van der Waals surface area contributed by atoms with Crippen molar-refractivity contribution in [2.75, 3.05) is 20.2 Å². The van der Waals surface area contributed by atoms with Gasteiger partial charge in [0.15, 0.2) is 0 Å². The fourth-order valence-electron chi connectivity index (χ4n) is 2.47. The summed E-state index contributed by atoms with van der Waals surface area (Å²) in [5.41, 5.74) is 1.74. The first-order valence-electron chi connectivity index (χ1n) is 6.17. The number of carbonyl (C=O) groups is 1. The lowest BCUT2D eigenvalue weighted by Crippen LogP contribution is -2.29. The van der Waals surface area contributed by atoms with Gasteiger partial charge in [0, 0.05) is 37.5 Å². The van der Waals surface area contributed by atoms with Crippen LogP contribution in [0.1, 0.15) is 16.8 Å². The SMILES string of the molecule is COC1CCN(C(=O)c2ccc3cc[nH]c3c2)C1. The number of hydrogen-bond donors (Lipinski definition) is 1. The summed E-state index contributed by atoms with van der Waals surface area (Å²) in [4.78, 5) is 17.3. The van der Waals surface area contributed by atoms with Crippen molar-refractivity contribution in [2.45, 2.75) is 12.5 Å². The molecule has 1 aliphatic rings. The number of fused-ring (bicyclic) bond motifs is 1. The molecule has 0 radical (unpaired) electrons. The van der Waals surface area contributed by atoms with Gasteiger partial charge in [-0.3, -0.25) is 4.79 Å². The van der Waals surface area contributed by atoms with Gasteiger partial charge in [-0.1, -0.05) is 6.07 Å². The number of nitrogens with one attached hydrogen (secondary N) is 1. The molecule has 4 heteroatoms. The van der Waals surface area contributed by atoms with Crippen LogP contribution >= 0.6 is 0 Å². The average Bonchev–Trinajstić information content (AvgIpc) is 3.05. The quantitative estimate of drug-likeness (QED) is 0.878. The Labute approximate surface area is 106 Å². The summed E-state index contributed by atoms with van der Waals surface area (Å²) in [6.07, 6.45) is 2.99. The summed E-state index contributed by atoms with van der Waals surface area (Å²) in [6, 6.07) is 7.78. The van der Waals surface area contributed by atoms with E-state index in [1.165, 1.54) is 0 Å². The van der Waals surface area contributed by atoms with Gasteiger partial charge in [0.05, 0.1) is 6.10 Å². The molecule has 0 bridgehead atoms. The molecule has 0 spiro atoms. The van der Waals surface area contributed by atoms with Crippen molar-refractivity contribution in [3.63, 3.8) is 0 Å². The van der Waals surface area contributed by atoms with Gasteiger partial charge in [0.25, 0.3) is 5.91 Å². The molecule has 94 valence electrons. The number of likely N-dealkylation sites (tertiary alicyclic amines) is 1. The number of nitrogens with zero attached hydrogens (tertiary/aromatic N) is 1. The zero-order chi connectivity index (χ0) is 12.5. The highest BCUT2D eigenvalue weighted by Crippen LogP contribution is 2.19. The molecule has 1 amide bonds. The predicted molar refractivity (Wildman–Crippen MR) is 69.6 cm³/mol. The lowest BCUT2D eigenvalue weighted by Gasteiger charge is -2.16. The molecule has 4 nitrogen and oxygen atoms in total. The van der Waals surface area contributed by atoms with Gasteiger partial charge < -0.3 is 14.6 Å². The van der Waals surface area contributed by atoms with Gasteiger partial charge in [-0.2, -0.15) is 0 Å². The summed E-state index contributed by atoms with van der Waals surface area (Å²) in [6.45, 7) is 1.47. The fraction of sp³-hybridized carbons (Fsp3) is 0.357. The Hall–Kier alpha value is -1.81. The molecule has 1 saturated heterocycles. The van der Waals surface area contributed by atoms with E-state index in [4.69, 9.17) is 4.74 Å². The smallest absolute Gasteiger partial charge is 0.254 e. The van der Waals surface area contributed by atoms with Gasteiger partial charge in [0.1, 0.15) is 0 Å². The molecule has 2 aromatic rings. The number of amides is 1. The van der Waals surface area contributed by atoms with Crippen LogP contribution < -0.4 is 0 Å².